The summed E-state index contributed by atoms with van der Waals surface area (Å²) in [6.45, 7) is 2.17. The van der Waals surface area contributed by atoms with Crippen LogP contribution in [-0.4, -0.2) is 60.2 Å². The van der Waals surface area contributed by atoms with Gasteiger partial charge in [0, 0.05) is 60.2 Å². The number of benzene rings is 2. The fourth-order valence-electron chi connectivity index (χ4n) is 4.69. The Balaban J connectivity index is 1.19. The van der Waals surface area contributed by atoms with E-state index in [2.05, 4.69) is 51.9 Å². The molecule has 4 heterocycles. The first-order valence-electron chi connectivity index (χ1n) is 13.0. The summed E-state index contributed by atoms with van der Waals surface area (Å²) in [5.74, 6) is 0.998. The Hall–Kier alpha value is -3.93. The molecule has 204 valence electrons. The van der Waals surface area contributed by atoms with Crippen molar-refractivity contribution >= 4 is 55.5 Å². The minimum absolute atomic E-state index is 0.0665. The largest absolute Gasteiger partial charge is 0.309 e. The topological polar surface area (TPSA) is 105 Å². The van der Waals surface area contributed by atoms with Crippen LogP contribution in [0, 0.1) is 5.92 Å². The average Bonchev–Trinajstić information content (AvgIpc) is 3.58. The molecule has 0 radical (unpaired) electrons. The van der Waals surface area contributed by atoms with Gasteiger partial charge in [0.15, 0.2) is 0 Å². The Kier molecular flexibility index (Phi) is 7.42. The maximum atomic E-state index is 11.3. The highest BCUT2D eigenvalue weighted by atomic mass is 32.2. The average molecular weight is 572 g/mol. The van der Waals surface area contributed by atoms with E-state index in [1.807, 2.05) is 57.8 Å². The molecule has 0 amide bonds. The second kappa shape index (κ2) is 11.3. The number of anilines is 1. The number of hydrogen-bond acceptors (Lipinski definition) is 9. The third-order valence-corrected chi connectivity index (χ3v) is 8.51. The van der Waals surface area contributed by atoms with Crippen molar-refractivity contribution in [2.24, 2.45) is 15.9 Å². The Bertz CT molecular complexity index is 1750. The number of hydrogen-bond donors (Lipinski definition) is 1. The van der Waals surface area contributed by atoms with Gasteiger partial charge in [0.05, 0.1) is 42.0 Å². The minimum Gasteiger partial charge on any atom is -0.309 e. The van der Waals surface area contributed by atoms with Gasteiger partial charge in [-0.15, -0.1) is 11.3 Å². The molecule has 0 saturated carbocycles. The molecule has 0 spiro atoms. The van der Waals surface area contributed by atoms with Crippen molar-refractivity contribution in [1.29, 1.82) is 0 Å². The van der Waals surface area contributed by atoms with Crippen molar-refractivity contribution in [3.63, 3.8) is 0 Å². The van der Waals surface area contributed by atoms with Crippen LogP contribution in [-0.2, 0) is 22.9 Å². The maximum absolute atomic E-state index is 11.3. The molecule has 40 heavy (non-hydrogen) atoms. The van der Waals surface area contributed by atoms with E-state index < -0.39 is 9.84 Å². The Morgan fingerprint density at radius 2 is 2.05 bits per heavy atom. The number of fused-ring (bicyclic) bond motifs is 2. The van der Waals surface area contributed by atoms with Crippen LogP contribution >= 0.6 is 11.3 Å². The predicted octanol–water partition coefficient (Wildman–Crippen LogP) is 4.37. The van der Waals surface area contributed by atoms with E-state index in [1.54, 1.807) is 11.3 Å². The lowest BCUT2D eigenvalue weighted by atomic mass is 9.92. The van der Waals surface area contributed by atoms with Gasteiger partial charge >= 0.3 is 0 Å². The molecule has 2 aliphatic rings. The molecule has 2 aromatic heterocycles. The summed E-state index contributed by atoms with van der Waals surface area (Å²) in [5.41, 5.74) is 5.17. The quantitative estimate of drug-likeness (QED) is 0.299. The van der Waals surface area contributed by atoms with E-state index in [-0.39, 0.29) is 11.7 Å². The summed E-state index contributed by atoms with van der Waals surface area (Å²) in [4.78, 5) is 16.3. The van der Waals surface area contributed by atoms with Crippen LogP contribution in [0.25, 0.3) is 10.9 Å². The van der Waals surface area contributed by atoms with Crippen molar-refractivity contribution < 1.29 is 8.42 Å². The third-order valence-electron chi connectivity index (χ3n) is 6.73. The van der Waals surface area contributed by atoms with Crippen molar-refractivity contribution in [1.82, 2.24) is 20.1 Å². The Morgan fingerprint density at radius 3 is 2.90 bits per heavy atom. The molecule has 1 N–H and O–H groups in total. The first-order chi connectivity index (χ1) is 19.4. The molecule has 0 saturated heterocycles. The maximum Gasteiger partial charge on any atom is 0.148 e. The smallest absolute Gasteiger partial charge is 0.148 e. The van der Waals surface area contributed by atoms with Gasteiger partial charge in [-0.3, -0.25) is 14.7 Å². The molecule has 1 unspecified atom stereocenters. The van der Waals surface area contributed by atoms with Crippen molar-refractivity contribution in [3.8, 4) is 0 Å². The number of rotatable bonds is 9. The normalized spacial score (nSPS) is 17.9. The van der Waals surface area contributed by atoms with E-state index in [4.69, 9.17) is 9.98 Å². The second-order valence-electron chi connectivity index (χ2n) is 9.84. The predicted molar refractivity (Wildman–Crippen MR) is 162 cm³/mol. The molecular weight excluding hydrogens is 543 g/mol. The van der Waals surface area contributed by atoms with Crippen molar-refractivity contribution in [3.05, 3.63) is 94.7 Å². The van der Waals surface area contributed by atoms with E-state index in [0.717, 1.165) is 45.2 Å². The monoisotopic (exact) mass is 571 g/mol. The summed E-state index contributed by atoms with van der Waals surface area (Å²) >= 11 is 1.54. The van der Waals surface area contributed by atoms with Crippen LogP contribution in [0.15, 0.2) is 94.1 Å². The molecule has 9 nitrogen and oxygen atoms in total. The van der Waals surface area contributed by atoms with Gasteiger partial charge in [0.1, 0.15) is 20.7 Å². The van der Waals surface area contributed by atoms with Gasteiger partial charge in [0.25, 0.3) is 0 Å². The summed E-state index contributed by atoms with van der Waals surface area (Å²) in [7, 11) is -2.98. The van der Waals surface area contributed by atoms with Crippen LogP contribution in [0.3, 0.4) is 0 Å². The summed E-state index contributed by atoms with van der Waals surface area (Å²) in [6, 6.07) is 16.5. The number of aromatic nitrogens is 3. The van der Waals surface area contributed by atoms with Gasteiger partial charge in [-0.1, -0.05) is 36.4 Å². The molecular formula is C29H29N7O2S2. The zero-order valence-corrected chi connectivity index (χ0v) is 23.6. The Morgan fingerprint density at radius 1 is 1.18 bits per heavy atom. The fourth-order valence-corrected chi connectivity index (χ4v) is 5.95. The first kappa shape index (κ1) is 26.3. The molecule has 4 aromatic rings. The third kappa shape index (κ3) is 6.11. The SMILES string of the molecule is CS(=O)(=O)CCNCc1nc(N2C=CC3C=NCC(=Nc4ccc5c(cnn5Cc5ccccc5)c4)C3=C2)cs1. The Labute approximate surface area is 237 Å². The summed E-state index contributed by atoms with van der Waals surface area (Å²) in [5, 5.41) is 11.7. The second-order valence-corrected chi connectivity index (χ2v) is 13.0. The van der Waals surface area contributed by atoms with Gasteiger partial charge < -0.3 is 10.2 Å². The molecule has 11 heteroatoms. The van der Waals surface area contributed by atoms with Crippen LogP contribution in [0.1, 0.15) is 10.6 Å². The van der Waals surface area contributed by atoms with Crippen LogP contribution in [0.2, 0.25) is 0 Å². The van der Waals surface area contributed by atoms with E-state index in [0.29, 0.717) is 19.6 Å². The number of nitrogens with one attached hydrogen (secondary N) is 1. The molecule has 2 aromatic carbocycles. The van der Waals surface area contributed by atoms with Crippen LogP contribution < -0.4 is 10.2 Å². The van der Waals surface area contributed by atoms with E-state index in [1.165, 1.54) is 11.8 Å². The number of thiazole rings is 1. The minimum atomic E-state index is -2.98. The molecule has 0 aliphatic carbocycles. The molecule has 6 rings (SSSR count). The lowest BCUT2D eigenvalue weighted by Crippen LogP contribution is -2.27. The summed E-state index contributed by atoms with van der Waals surface area (Å²) < 4.78 is 24.7. The molecule has 0 bridgehead atoms. The van der Waals surface area contributed by atoms with E-state index >= 15 is 0 Å². The van der Waals surface area contributed by atoms with Gasteiger partial charge in [-0.25, -0.2) is 13.4 Å². The molecule has 1 atom stereocenters. The first-order valence-corrected chi connectivity index (χ1v) is 15.9. The number of nitrogens with zero attached hydrogens (tertiary/aromatic N) is 6. The zero-order chi connectivity index (χ0) is 27.5. The summed E-state index contributed by atoms with van der Waals surface area (Å²) in [6.07, 6.45) is 11.3. The lowest BCUT2D eigenvalue weighted by molar-refractivity contribution is 0.596. The molecule has 2 aliphatic heterocycles. The zero-order valence-electron chi connectivity index (χ0n) is 22.0. The fraction of sp³-hybridized carbons (Fsp3) is 0.241. The van der Waals surface area contributed by atoms with Crippen LogP contribution in [0.4, 0.5) is 11.5 Å². The number of aliphatic imine (C=N–C) groups is 2. The highest BCUT2D eigenvalue weighted by molar-refractivity contribution is 7.90. The van der Waals surface area contributed by atoms with Gasteiger partial charge in [-0.2, -0.15) is 5.10 Å². The van der Waals surface area contributed by atoms with Crippen molar-refractivity contribution in [2.75, 3.05) is 30.0 Å². The lowest BCUT2D eigenvalue weighted by Gasteiger charge is -2.26. The molecule has 0 fully saturated rings. The van der Waals surface area contributed by atoms with Crippen molar-refractivity contribution in [2.45, 2.75) is 13.1 Å². The van der Waals surface area contributed by atoms with Gasteiger partial charge in [-0.05, 0) is 23.8 Å². The standard InChI is InChI=1S/C29H29N7O2S2/c1-40(37,38)12-10-30-17-29-34-28(20-39-29)35-11-9-22-14-31-16-26(25(22)19-35)33-24-7-8-27-23(13-24)15-32-36(27)18-21-5-3-2-4-6-21/h2-9,11,13-15,19-20,22,30H,10,12,16-18H2,1H3. The highest BCUT2D eigenvalue weighted by Crippen LogP contribution is 2.30. The number of allylic oxidation sites excluding steroid dienone is 1. The number of sulfone groups is 1. The van der Waals surface area contributed by atoms with Crippen LogP contribution in [0.5, 0.6) is 0 Å². The van der Waals surface area contributed by atoms with Gasteiger partial charge in [0.2, 0.25) is 0 Å². The highest BCUT2D eigenvalue weighted by Gasteiger charge is 2.24. The van der Waals surface area contributed by atoms with E-state index in [9.17, 15) is 8.42 Å².